The summed E-state index contributed by atoms with van der Waals surface area (Å²) in [6, 6.07) is 1.95. The van der Waals surface area contributed by atoms with Crippen LogP contribution in [-0.2, 0) is 6.54 Å². The maximum atomic E-state index is 10.4. The largest absolute Gasteiger partial charge is 0.388 e. The first-order valence-electron chi connectivity index (χ1n) is 8.22. The number of aliphatic hydroxyl groups is 1. The van der Waals surface area contributed by atoms with Gasteiger partial charge in [0.15, 0.2) is 11.7 Å². The zero-order valence-electron chi connectivity index (χ0n) is 14.3. The molecule has 0 radical (unpaired) electrons. The number of nitrogens with one attached hydrogen (secondary N) is 2. The Morgan fingerprint density at radius 3 is 2.65 bits per heavy atom. The summed E-state index contributed by atoms with van der Waals surface area (Å²) in [5, 5.41) is 20.8. The Balaban J connectivity index is 0.00000264. The fraction of sp³-hybridized carbons (Fsp3) is 0.750. The Morgan fingerprint density at radius 1 is 1.39 bits per heavy atom. The highest BCUT2D eigenvalue weighted by Gasteiger charge is 2.30. The highest BCUT2D eigenvalue weighted by Crippen LogP contribution is 2.28. The molecule has 0 aromatic carbocycles. The van der Waals surface area contributed by atoms with Gasteiger partial charge < -0.3 is 20.3 Å². The molecule has 1 aliphatic rings. The molecule has 0 spiro atoms. The minimum absolute atomic E-state index is 0. The predicted molar refractivity (Wildman–Crippen MR) is 102 cm³/mol. The summed E-state index contributed by atoms with van der Waals surface area (Å²) in [5.41, 5.74) is 0.358. The van der Waals surface area contributed by atoms with Crippen molar-refractivity contribution in [3.05, 3.63) is 17.5 Å². The van der Waals surface area contributed by atoms with E-state index in [4.69, 9.17) is 4.52 Å². The van der Waals surface area contributed by atoms with E-state index in [9.17, 15) is 5.11 Å². The number of hydrogen-bond donors (Lipinski definition) is 3. The Bertz CT molecular complexity index is 496. The van der Waals surface area contributed by atoms with Gasteiger partial charge in [-0.05, 0) is 25.7 Å². The van der Waals surface area contributed by atoms with Gasteiger partial charge in [0.25, 0.3) is 0 Å². The molecule has 1 aromatic rings. The van der Waals surface area contributed by atoms with Gasteiger partial charge >= 0.3 is 0 Å². The molecule has 0 unspecified atom stereocenters. The molecule has 1 aromatic heterocycles. The summed E-state index contributed by atoms with van der Waals surface area (Å²) in [7, 11) is 0. The third-order valence-electron chi connectivity index (χ3n) is 4.03. The van der Waals surface area contributed by atoms with E-state index < -0.39 is 5.60 Å². The van der Waals surface area contributed by atoms with Crippen LogP contribution in [0.15, 0.2) is 15.6 Å². The fourth-order valence-electron chi connectivity index (χ4n) is 2.63. The minimum atomic E-state index is -0.590. The van der Waals surface area contributed by atoms with E-state index >= 15 is 0 Å². The number of guanidine groups is 1. The number of nitrogens with zero attached hydrogens (tertiary/aromatic N) is 2. The Morgan fingerprint density at radius 2 is 2.09 bits per heavy atom. The van der Waals surface area contributed by atoms with Gasteiger partial charge in [0.05, 0.1) is 11.3 Å². The number of aromatic nitrogens is 1. The Kier molecular flexibility index (Phi) is 8.32. The highest BCUT2D eigenvalue weighted by atomic mass is 127. The molecule has 1 fully saturated rings. The van der Waals surface area contributed by atoms with Gasteiger partial charge in [0.2, 0.25) is 0 Å². The third kappa shape index (κ3) is 6.29. The molecule has 0 bridgehead atoms. The lowest BCUT2D eigenvalue weighted by atomic mass is 10.0. The van der Waals surface area contributed by atoms with Crippen LogP contribution in [0, 0.1) is 0 Å². The van der Waals surface area contributed by atoms with Crippen LogP contribution in [0.1, 0.15) is 63.8 Å². The van der Waals surface area contributed by atoms with Gasteiger partial charge in [-0.25, -0.2) is 4.99 Å². The topological polar surface area (TPSA) is 82.7 Å². The smallest absolute Gasteiger partial charge is 0.191 e. The van der Waals surface area contributed by atoms with Gasteiger partial charge in [0.1, 0.15) is 6.54 Å². The summed E-state index contributed by atoms with van der Waals surface area (Å²) >= 11 is 0. The minimum Gasteiger partial charge on any atom is -0.388 e. The van der Waals surface area contributed by atoms with E-state index in [2.05, 4.69) is 34.6 Å². The van der Waals surface area contributed by atoms with Gasteiger partial charge in [-0.1, -0.05) is 31.8 Å². The van der Waals surface area contributed by atoms with Gasteiger partial charge in [-0.15, -0.1) is 24.0 Å². The molecule has 1 heterocycles. The molecule has 1 saturated carbocycles. The Hall–Kier alpha value is -0.830. The molecule has 7 heteroatoms. The summed E-state index contributed by atoms with van der Waals surface area (Å²) in [4.78, 5) is 4.50. The first-order chi connectivity index (χ1) is 10.5. The molecule has 0 atom stereocenters. The van der Waals surface area contributed by atoms with E-state index in [1.807, 2.05) is 13.0 Å². The highest BCUT2D eigenvalue weighted by molar-refractivity contribution is 14.0. The van der Waals surface area contributed by atoms with Crippen molar-refractivity contribution in [3.63, 3.8) is 0 Å². The molecular weight excluding hydrogens is 407 g/mol. The van der Waals surface area contributed by atoms with Crippen LogP contribution >= 0.6 is 24.0 Å². The third-order valence-corrected chi connectivity index (χ3v) is 4.03. The fourth-order valence-corrected chi connectivity index (χ4v) is 2.63. The molecule has 0 aliphatic heterocycles. The first-order valence-corrected chi connectivity index (χ1v) is 8.22. The lowest BCUT2D eigenvalue weighted by Crippen LogP contribution is -2.46. The molecule has 23 heavy (non-hydrogen) atoms. The second kappa shape index (κ2) is 9.46. The average molecular weight is 436 g/mol. The summed E-state index contributed by atoms with van der Waals surface area (Å²) in [5.74, 6) is 1.80. The second-order valence-electron chi connectivity index (χ2n) is 6.35. The lowest BCUT2D eigenvalue weighted by Gasteiger charge is -2.23. The van der Waals surface area contributed by atoms with Crippen molar-refractivity contribution < 1.29 is 9.63 Å². The SMILES string of the molecule is CCNC(=NCc1cc(C(C)C)no1)NCC1(O)CCCC1.I. The standard InChI is InChI=1S/C16H28N4O2.HI/c1-4-17-15(19-11-16(21)7-5-6-8-16)18-10-13-9-14(12(2)3)20-22-13;/h9,12,21H,4-8,10-11H2,1-3H3,(H2,17,18,19);1H. The van der Waals surface area contributed by atoms with E-state index in [-0.39, 0.29) is 24.0 Å². The van der Waals surface area contributed by atoms with Crippen molar-refractivity contribution in [3.8, 4) is 0 Å². The van der Waals surface area contributed by atoms with Crippen molar-refractivity contribution in [2.75, 3.05) is 13.1 Å². The second-order valence-corrected chi connectivity index (χ2v) is 6.35. The molecule has 132 valence electrons. The van der Waals surface area contributed by atoms with Crippen molar-refractivity contribution in [1.82, 2.24) is 15.8 Å². The Labute approximate surface area is 155 Å². The monoisotopic (exact) mass is 436 g/mol. The molecule has 0 amide bonds. The molecular formula is C16H29IN4O2. The van der Waals surface area contributed by atoms with Crippen LogP contribution in [-0.4, -0.2) is 34.9 Å². The number of rotatable bonds is 6. The zero-order chi connectivity index (χ0) is 16.0. The van der Waals surface area contributed by atoms with E-state index in [1.165, 1.54) is 0 Å². The van der Waals surface area contributed by atoms with Crippen LogP contribution in [0.2, 0.25) is 0 Å². The molecule has 3 N–H and O–H groups in total. The zero-order valence-corrected chi connectivity index (χ0v) is 16.6. The summed E-state index contributed by atoms with van der Waals surface area (Å²) < 4.78 is 5.29. The van der Waals surface area contributed by atoms with Gasteiger partial charge in [-0.2, -0.15) is 0 Å². The van der Waals surface area contributed by atoms with Crippen LogP contribution in [0.3, 0.4) is 0 Å². The normalized spacial score (nSPS) is 17.2. The van der Waals surface area contributed by atoms with Crippen molar-refractivity contribution in [2.24, 2.45) is 4.99 Å². The van der Waals surface area contributed by atoms with Crippen molar-refractivity contribution in [1.29, 1.82) is 0 Å². The predicted octanol–water partition coefficient (Wildman–Crippen LogP) is 2.78. The quantitative estimate of drug-likeness (QED) is 0.363. The number of aliphatic imine (C=N–C) groups is 1. The van der Waals surface area contributed by atoms with Gasteiger partial charge in [-0.3, -0.25) is 0 Å². The maximum absolute atomic E-state index is 10.4. The van der Waals surface area contributed by atoms with E-state index in [1.54, 1.807) is 0 Å². The summed E-state index contributed by atoms with van der Waals surface area (Å²) in [6.07, 6.45) is 3.92. The van der Waals surface area contributed by atoms with Crippen LogP contribution < -0.4 is 10.6 Å². The molecule has 1 aliphatic carbocycles. The lowest BCUT2D eigenvalue weighted by molar-refractivity contribution is 0.0522. The van der Waals surface area contributed by atoms with Crippen molar-refractivity contribution in [2.45, 2.75) is 64.5 Å². The number of hydrogen-bond acceptors (Lipinski definition) is 4. The van der Waals surface area contributed by atoms with E-state index in [0.29, 0.717) is 25.0 Å². The summed E-state index contributed by atoms with van der Waals surface area (Å²) in [6.45, 7) is 7.93. The molecule has 6 nitrogen and oxygen atoms in total. The van der Waals surface area contributed by atoms with Gasteiger partial charge in [0, 0.05) is 19.2 Å². The van der Waals surface area contributed by atoms with E-state index in [0.717, 1.165) is 43.7 Å². The average Bonchev–Trinajstić information content (AvgIpc) is 3.11. The van der Waals surface area contributed by atoms with Crippen molar-refractivity contribution >= 4 is 29.9 Å². The van der Waals surface area contributed by atoms with Crippen LogP contribution in [0.4, 0.5) is 0 Å². The van der Waals surface area contributed by atoms with Crippen LogP contribution in [0.25, 0.3) is 0 Å². The molecule has 0 saturated heterocycles. The first kappa shape index (κ1) is 20.2. The molecule has 2 rings (SSSR count). The van der Waals surface area contributed by atoms with Crippen LogP contribution in [0.5, 0.6) is 0 Å². The maximum Gasteiger partial charge on any atom is 0.191 e. The number of halogens is 1.